The average molecular weight is 214 g/mol. The predicted molar refractivity (Wildman–Crippen MR) is 66.1 cm³/mol. The summed E-state index contributed by atoms with van der Waals surface area (Å²) >= 11 is 0. The summed E-state index contributed by atoms with van der Waals surface area (Å²) in [4.78, 5) is 2.27. The van der Waals surface area contributed by atoms with Gasteiger partial charge in [0.1, 0.15) is 0 Å². The Morgan fingerprint density at radius 2 is 2.07 bits per heavy atom. The molecule has 2 N–H and O–H groups in total. The van der Waals surface area contributed by atoms with Gasteiger partial charge in [-0.15, -0.1) is 0 Å². The SMILES string of the molecule is C=C(CNCC)CN(CCO)CCCC. The first-order valence-corrected chi connectivity index (χ1v) is 5.95. The van der Waals surface area contributed by atoms with Gasteiger partial charge in [0, 0.05) is 19.6 Å². The summed E-state index contributed by atoms with van der Waals surface area (Å²) in [5.74, 6) is 0. The van der Waals surface area contributed by atoms with Gasteiger partial charge in [0.25, 0.3) is 0 Å². The van der Waals surface area contributed by atoms with Crippen LogP contribution in [0.4, 0.5) is 0 Å². The van der Waals surface area contributed by atoms with Crippen LogP contribution in [0.5, 0.6) is 0 Å². The Balaban J connectivity index is 3.76. The third-order valence-corrected chi connectivity index (χ3v) is 2.32. The number of nitrogens with zero attached hydrogens (tertiary/aromatic N) is 1. The van der Waals surface area contributed by atoms with Crippen molar-refractivity contribution in [3.8, 4) is 0 Å². The molecule has 0 atom stereocenters. The van der Waals surface area contributed by atoms with E-state index in [1.165, 1.54) is 18.4 Å². The van der Waals surface area contributed by atoms with Gasteiger partial charge >= 0.3 is 0 Å². The molecule has 0 bridgehead atoms. The van der Waals surface area contributed by atoms with E-state index >= 15 is 0 Å². The molecule has 3 nitrogen and oxygen atoms in total. The van der Waals surface area contributed by atoms with E-state index in [-0.39, 0.29) is 6.61 Å². The molecule has 0 aromatic carbocycles. The minimum Gasteiger partial charge on any atom is -0.395 e. The smallest absolute Gasteiger partial charge is 0.0558 e. The van der Waals surface area contributed by atoms with Crippen molar-refractivity contribution < 1.29 is 5.11 Å². The van der Waals surface area contributed by atoms with Crippen LogP contribution >= 0.6 is 0 Å². The lowest BCUT2D eigenvalue weighted by atomic mass is 10.2. The van der Waals surface area contributed by atoms with Crippen LogP contribution in [0.2, 0.25) is 0 Å². The zero-order valence-corrected chi connectivity index (χ0v) is 10.3. The monoisotopic (exact) mass is 214 g/mol. The third-order valence-electron chi connectivity index (χ3n) is 2.32. The quantitative estimate of drug-likeness (QED) is 0.537. The number of likely N-dealkylation sites (N-methyl/N-ethyl adjacent to an activating group) is 1. The molecule has 0 aliphatic heterocycles. The number of aliphatic hydroxyl groups is 1. The van der Waals surface area contributed by atoms with Crippen LogP contribution in [-0.4, -0.2) is 49.3 Å². The summed E-state index contributed by atoms with van der Waals surface area (Å²) in [5.41, 5.74) is 1.20. The van der Waals surface area contributed by atoms with Crippen LogP contribution in [0.3, 0.4) is 0 Å². The zero-order chi connectivity index (χ0) is 11.5. The molecule has 0 aromatic heterocycles. The highest BCUT2D eigenvalue weighted by Crippen LogP contribution is 1.99. The van der Waals surface area contributed by atoms with Crippen molar-refractivity contribution in [3.05, 3.63) is 12.2 Å². The van der Waals surface area contributed by atoms with E-state index in [1.807, 2.05) is 0 Å². The van der Waals surface area contributed by atoms with Crippen LogP contribution in [0.1, 0.15) is 26.7 Å². The topological polar surface area (TPSA) is 35.5 Å². The van der Waals surface area contributed by atoms with Gasteiger partial charge in [-0.3, -0.25) is 4.90 Å². The highest BCUT2D eigenvalue weighted by Gasteiger charge is 2.04. The molecular weight excluding hydrogens is 188 g/mol. The molecule has 0 heterocycles. The second-order valence-electron chi connectivity index (χ2n) is 3.88. The Bertz CT molecular complexity index is 160. The fraction of sp³-hybridized carbons (Fsp3) is 0.833. The third kappa shape index (κ3) is 8.60. The van der Waals surface area contributed by atoms with Crippen molar-refractivity contribution in [2.75, 3.05) is 39.3 Å². The molecule has 0 radical (unpaired) electrons. The highest BCUT2D eigenvalue weighted by molar-refractivity contribution is 4.99. The molecular formula is C12H26N2O. The highest BCUT2D eigenvalue weighted by atomic mass is 16.3. The number of rotatable bonds is 10. The van der Waals surface area contributed by atoms with Crippen molar-refractivity contribution in [3.63, 3.8) is 0 Å². The maximum Gasteiger partial charge on any atom is 0.0558 e. The van der Waals surface area contributed by atoms with E-state index in [1.54, 1.807) is 0 Å². The molecule has 15 heavy (non-hydrogen) atoms. The van der Waals surface area contributed by atoms with Crippen molar-refractivity contribution in [2.24, 2.45) is 0 Å². The molecule has 90 valence electrons. The Morgan fingerprint density at radius 3 is 2.60 bits per heavy atom. The molecule has 0 aliphatic carbocycles. The van der Waals surface area contributed by atoms with Gasteiger partial charge in [0.2, 0.25) is 0 Å². The van der Waals surface area contributed by atoms with Crippen molar-refractivity contribution >= 4 is 0 Å². The van der Waals surface area contributed by atoms with Gasteiger partial charge in [-0.1, -0.05) is 26.8 Å². The van der Waals surface area contributed by atoms with Gasteiger partial charge in [-0.25, -0.2) is 0 Å². The average Bonchev–Trinajstić information content (AvgIpc) is 2.23. The zero-order valence-electron chi connectivity index (χ0n) is 10.3. The Hall–Kier alpha value is -0.380. The van der Waals surface area contributed by atoms with Crippen LogP contribution in [0, 0.1) is 0 Å². The second kappa shape index (κ2) is 10.1. The van der Waals surface area contributed by atoms with Gasteiger partial charge in [-0.05, 0) is 25.1 Å². The maximum atomic E-state index is 8.94. The van der Waals surface area contributed by atoms with Crippen LogP contribution in [0.25, 0.3) is 0 Å². The van der Waals surface area contributed by atoms with Gasteiger partial charge in [0.05, 0.1) is 6.61 Å². The van der Waals surface area contributed by atoms with E-state index in [0.717, 1.165) is 32.7 Å². The van der Waals surface area contributed by atoms with Crippen molar-refractivity contribution in [2.45, 2.75) is 26.7 Å². The fourth-order valence-electron chi connectivity index (χ4n) is 1.47. The van der Waals surface area contributed by atoms with Crippen LogP contribution in [-0.2, 0) is 0 Å². The number of hydrogen-bond acceptors (Lipinski definition) is 3. The molecule has 0 aliphatic rings. The first-order valence-electron chi connectivity index (χ1n) is 5.95. The summed E-state index contributed by atoms with van der Waals surface area (Å²) in [6.45, 7) is 13.1. The van der Waals surface area contributed by atoms with Crippen molar-refractivity contribution in [1.82, 2.24) is 10.2 Å². The standard InChI is InChI=1S/C12H26N2O/c1-4-6-7-14(8-9-15)11-12(3)10-13-5-2/h13,15H,3-11H2,1-2H3. The lowest BCUT2D eigenvalue weighted by Crippen LogP contribution is -2.32. The van der Waals surface area contributed by atoms with E-state index in [9.17, 15) is 0 Å². The first-order chi connectivity index (χ1) is 7.24. The molecule has 3 heteroatoms. The Kier molecular flexibility index (Phi) is 9.89. The summed E-state index contributed by atoms with van der Waals surface area (Å²) in [6.07, 6.45) is 2.39. The number of unbranched alkanes of at least 4 members (excludes halogenated alkanes) is 1. The minimum absolute atomic E-state index is 0.234. The summed E-state index contributed by atoms with van der Waals surface area (Å²) < 4.78 is 0. The largest absolute Gasteiger partial charge is 0.395 e. The van der Waals surface area contributed by atoms with E-state index < -0.39 is 0 Å². The number of nitrogens with one attached hydrogen (secondary N) is 1. The summed E-state index contributed by atoms with van der Waals surface area (Å²) in [5, 5.41) is 12.2. The number of hydrogen-bond donors (Lipinski definition) is 2. The molecule has 0 saturated heterocycles. The van der Waals surface area contributed by atoms with E-state index in [4.69, 9.17) is 5.11 Å². The summed E-state index contributed by atoms with van der Waals surface area (Å²) in [6, 6.07) is 0. The van der Waals surface area contributed by atoms with Crippen molar-refractivity contribution in [1.29, 1.82) is 0 Å². The molecule has 0 saturated carbocycles. The van der Waals surface area contributed by atoms with Crippen LogP contribution < -0.4 is 5.32 Å². The maximum absolute atomic E-state index is 8.94. The molecule has 0 rings (SSSR count). The molecule has 0 fully saturated rings. The Labute approximate surface area is 94.2 Å². The predicted octanol–water partition coefficient (Wildman–Crippen LogP) is 1.25. The van der Waals surface area contributed by atoms with Gasteiger partial charge in [0.15, 0.2) is 0 Å². The number of aliphatic hydroxyl groups excluding tert-OH is 1. The molecule has 0 amide bonds. The summed E-state index contributed by atoms with van der Waals surface area (Å²) in [7, 11) is 0. The molecule has 0 unspecified atom stereocenters. The van der Waals surface area contributed by atoms with E-state index in [0.29, 0.717) is 0 Å². The fourth-order valence-corrected chi connectivity index (χ4v) is 1.47. The lowest BCUT2D eigenvalue weighted by molar-refractivity contribution is 0.203. The molecule has 0 aromatic rings. The molecule has 0 spiro atoms. The van der Waals surface area contributed by atoms with Crippen LogP contribution in [0.15, 0.2) is 12.2 Å². The normalized spacial score (nSPS) is 10.9. The van der Waals surface area contributed by atoms with E-state index in [2.05, 4.69) is 30.6 Å². The minimum atomic E-state index is 0.234. The lowest BCUT2D eigenvalue weighted by Gasteiger charge is -2.22. The van der Waals surface area contributed by atoms with Gasteiger partial charge < -0.3 is 10.4 Å². The second-order valence-corrected chi connectivity index (χ2v) is 3.88. The first kappa shape index (κ1) is 14.6. The Morgan fingerprint density at radius 1 is 1.33 bits per heavy atom. The van der Waals surface area contributed by atoms with Gasteiger partial charge in [-0.2, -0.15) is 0 Å².